The summed E-state index contributed by atoms with van der Waals surface area (Å²) in [6.45, 7) is 13.4. The van der Waals surface area contributed by atoms with Crippen LogP contribution in [0.1, 0.15) is 55.6 Å². The molecule has 406 valence electrons. The van der Waals surface area contributed by atoms with Crippen LogP contribution in [0, 0.1) is 47.9 Å². The van der Waals surface area contributed by atoms with Crippen LogP contribution in [0.2, 0.25) is 0 Å². The summed E-state index contributed by atoms with van der Waals surface area (Å²) < 4.78 is 4.08. The predicted octanol–water partition coefficient (Wildman–Crippen LogP) is 10.3. The van der Waals surface area contributed by atoms with E-state index in [-0.39, 0.29) is 23.0 Å². The predicted molar refractivity (Wildman–Crippen MR) is 314 cm³/mol. The van der Waals surface area contributed by atoms with E-state index in [1.165, 1.54) is 43.0 Å². The fourth-order valence-corrected chi connectivity index (χ4v) is 10.0. The first-order chi connectivity index (χ1) is 38.9. The maximum atomic E-state index is 11.6. The van der Waals surface area contributed by atoms with E-state index in [4.69, 9.17) is 0 Å². The Kier molecular flexibility index (Phi) is 16.8. The molecule has 12 rings (SSSR count). The highest BCUT2D eigenvalue weighted by atomic mass is 127. The van der Waals surface area contributed by atoms with Gasteiger partial charge in [0, 0.05) is 87.6 Å². The maximum Gasteiger partial charge on any atom is 0.280 e. The molecule has 0 radical (unpaired) electrons. The molecule has 6 heterocycles. The van der Waals surface area contributed by atoms with Crippen molar-refractivity contribution in [1.82, 2.24) is 69.3 Å². The molecule has 0 spiro atoms. The molecule has 20 nitrogen and oxygen atoms in total. The number of nitro groups is 2. The SMILES string of the molecule is CI.Cc1cc(-c2nnn(-c3ccc(CCN4CCc5ccc(-n6ccnc6)cc5C4)cc3)n2)c([N+](=O)[O-])cc1C.Cc1cc(-c2nnn(-c3ccc(CCN4CCc5ccc(-n6ccnc6)cc5C4)cc3)n2)c([N+](=O)[O-])cc1C. The van der Waals surface area contributed by atoms with Gasteiger partial charge in [0.1, 0.15) is 11.1 Å². The zero-order valence-corrected chi connectivity index (χ0v) is 47.3. The second-order valence-electron chi connectivity index (χ2n) is 20.0. The van der Waals surface area contributed by atoms with Gasteiger partial charge in [-0.15, -0.1) is 30.0 Å². The Labute approximate surface area is 476 Å². The molecule has 0 fully saturated rings. The lowest BCUT2D eigenvalue weighted by Gasteiger charge is -2.29. The molecular formula is C59H59IN16O4. The van der Waals surface area contributed by atoms with Gasteiger partial charge in [-0.3, -0.25) is 30.0 Å². The minimum atomic E-state index is -0.406. The molecule has 6 aromatic carbocycles. The lowest BCUT2D eigenvalue weighted by atomic mass is 9.98. The first kappa shape index (κ1) is 54.7. The van der Waals surface area contributed by atoms with Crippen molar-refractivity contribution in [1.29, 1.82) is 0 Å². The van der Waals surface area contributed by atoms with Crippen molar-refractivity contribution in [3.8, 4) is 45.5 Å². The molecule has 0 bridgehead atoms. The molecule has 4 aromatic heterocycles. The second-order valence-corrected chi connectivity index (χ2v) is 20.0. The molecule has 0 N–H and O–H groups in total. The number of benzene rings is 6. The van der Waals surface area contributed by atoms with Gasteiger partial charge in [0.25, 0.3) is 11.4 Å². The number of tetrazole rings is 2. The number of halogens is 1. The monoisotopic (exact) mass is 1180 g/mol. The fraction of sp³-hybridized carbons (Fsp3) is 0.254. The van der Waals surface area contributed by atoms with Gasteiger partial charge in [-0.05, 0) is 185 Å². The van der Waals surface area contributed by atoms with E-state index in [1.807, 2.05) is 91.1 Å². The zero-order chi connectivity index (χ0) is 55.9. The molecule has 21 heteroatoms. The van der Waals surface area contributed by atoms with Crippen LogP contribution in [0.15, 0.2) is 147 Å². The van der Waals surface area contributed by atoms with Crippen LogP contribution in [-0.4, -0.2) is 110 Å². The molecule has 0 saturated carbocycles. The number of aryl methyl sites for hydroxylation is 4. The number of hydrogen-bond donors (Lipinski definition) is 0. The van der Waals surface area contributed by atoms with Crippen LogP contribution in [0.5, 0.6) is 0 Å². The average molecular weight is 1180 g/mol. The van der Waals surface area contributed by atoms with Gasteiger partial charge >= 0.3 is 0 Å². The number of alkyl halides is 1. The first-order valence-corrected chi connectivity index (χ1v) is 28.4. The third kappa shape index (κ3) is 12.4. The Balaban J connectivity index is 0.000000175. The van der Waals surface area contributed by atoms with Gasteiger partial charge in [-0.2, -0.15) is 0 Å². The molecule has 0 saturated heterocycles. The third-order valence-corrected chi connectivity index (χ3v) is 14.9. The smallest absolute Gasteiger partial charge is 0.280 e. The normalized spacial score (nSPS) is 13.1. The van der Waals surface area contributed by atoms with Crippen LogP contribution >= 0.6 is 22.6 Å². The van der Waals surface area contributed by atoms with E-state index in [0.717, 1.165) is 110 Å². The largest absolute Gasteiger partial charge is 0.306 e. The molecule has 0 amide bonds. The summed E-state index contributed by atoms with van der Waals surface area (Å²) in [6, 6.07) is 36.1. The molecule has 10 aromatic rings. The molecule has 2 aliphatic heterocycles. The molecule has 0 aliphatic carbocycles. The molecule has 2 aliphatic rings. The number of rotatable bonds is 14. The Morgan fingerprint density at radius 3 is 1.26 bits per heavy atom. The second kappa shape index (κ2) is 24.6. The van der Waals surface area contributed by atoms with Crippen LogP contribution in [0.3, 0.4) is 0 Å². The average Bonchev–Trinajstić information content (AvgIpc) is 4.37. The van der Waals surface area contributed by atoms with E-state index in [2.05, 4.69) is 134 Å². The number of fused-ring (bicyclic) bond motifs is 2. The number of imidazole rings is 2. The molecule has 0 atom stereocenters. The van der Waals surface area contributed by atoms with Gasteiger partial charge in [-0.1, -0.05) is 59.0 Å². The summed E-state index contributed by atoms with van der Waals surface area (Å²) in [7, 11) is 0. The van der Waals surface area contributed by atoms with Gasteiger partial charge in [-0.25, -0.2) is 9.97 Å². The van der Waals surface area contributed by atoms with E-state index >= 15 is 0 Å². The van der Waals surface area contributed by atoms with Crippen LogP contribution in [-0.2, 0) is 38.8 Å². The molecule has 80 heavy (non-hydrogen) atoms. The lowest BCUT2D eigenvalue weighted by Crippen LogP contribution is -2.32. The van der Waals surface area contributed by atoms with Crippen molar-refractivity contribution in [3.63, 3.8) is 0 Å². The third-order valence-electron chi connectivity index (χ3n) is 14.9. The highest BCUT2D eigenvalue weighted by Gasteiger charge is 2.24. The Hall–Kier alpha value is -8.67. The summed E-state index contributed by atoms with van der Waals surface area (Å²) in [4.78, 5) is 40.5. The van der Waals surface area contributed by atoms with Gasteiger partial charge in [0.15, 0.2) is 0 Å². The summed E-state index contributed by atoms with van der Waals surface area (Å²) in [5.74, 6) is 0.464. The summed E-state index contributed by atoms with van der Waals surface area (Å²) in [6.07, 6.45) is 15.2. The van der Waals surface area contributed by atoms with Gasteiger partial charge in [0.05, 0.1) is 33.9 Å². The number of nitrogens with zero attached hydrogens (tertiary/aromatic N) is 16. The van der Waals surface area contributed by atoms with Crippen LogP contribution < -0.4 is 0 Å². The Morgan fingerprint density at radius 2 is 0.887 bits per heavy atom. The fourth-order valence-electron chi connectivity index (χ4n) is 10.0. The molecule has 0 unspecified atom stereocenters. The molecular weight excluding hydrogens is 1120 g/mol. The van der Waals surface area contributed by atoms with Crippen molar-refractivity contribution in [3.05, 3.63) is 222 Å². The van der Waals surface area contributed by atoms with Gasteiger partial charge < -0.3 is 9.13 Å². The first-order valence-electron chi connectivity index (χ1n) is 26.2. The van der Waals surface area contributed by atoms with Crippen LogP contribution in [0.25, 0.3) is 45.5 Å². The lowest BCUT2D eigenvalue weighted by molar-refractivity contribution is -0.384. The van der Waals surface area contributed by atoms with Crippen molar-refractivity contribution < 1.29 is 9.85 Å². The number of nitro benzene ring substituents is 2. The standard InChI is InChI=1S/2C29H28N8O2.CH3I/c2*1-20-15-27(28(37(38)39)16-21(20)2)29-31-33-36(32-29)25-6-3-22(4-7-25)9-12-34-13-10-23-5-8-26(17-24(23)18-34)35-14-11-30-19-35;1-2/h2*3-8,11,14-17,19H,9-10,12-13,18H2,1-2H3;1H3. The minimum absolute atomic E-state index is 0.0220. The van der Waals surface area contributed by atoms with Crippen molar-refractivity contribution >= 4 is 34.0 Å². The van der Waals surface area contributed by atoms with E-state index < -0.39 is 9.85 Å². The highest BCUT2D eigenvalue weighted by Crippen LogP contribution is 2.32. The minimum Gasteiger partial charge on any atom is -0.306 e. The van der Waals surface area contributed by atoms with Crippen molar-refractivity contribution in [2.75, 3.05) is 31.1 Å². The number of hydrogen-bond acceptors (Lipinski definition) is 14. The number of aromatic nitrogens is 12. The highest BCUT2D eigenvalue weighted by molar-refractivity contribution is 14.1. The topological polar surface area (TPSA) is 216 Å². The summed E-state index contributed by atoms with van der Waals surface area (Å²) in [5.41, 5.74) is 16.1. The summed E-state index contributed by atoms with van der Waals surface area (Å²) >= 11 is 2.15. The van der Waals surface area contributed by atoms with E-state index in [0.29, 0.717) is 11.1 Å². The van der Waals surface area contributed by atoms with Crippen molar-refractivity contribution in [2.45, 2.75) is 66.5 Å². The zero-order valence-electron chi connectivity index (χ0n) is 45.1. The Morgan fingerprint density at radius 1 is 0.500 bits per heavy atom. The Bertz CT molecular complexity index is 3540. The van der Waals surface area contributed by atoms with Crippen LogP contribution in [0.4, 0.5) is 11.4 Å². The van der Waals surface area contributed by atoms with Crippen molar-refractivity contribution in [2.24, 2.45) is 0 Å². The quantitative estimate of drug-likeness (QED) is 0.0429. The maximum absolute atomic E-state index is 11.6. The van der Waals surface area contributed by atoms with E-state index in [9.17, 15) is 20.2 Å². The van der Waals surface area contributed by atoms with Gasteiger partial charge in [0.2, 0.25) is 11.6 Å². The summed E-state index contributed by atoms with van der Waals surface area (Å²) in [5, 5.41) is 48.6. The van der Waals surface area contributed by atoms with E-state index in [1.54, 1.807) is 36.7 Å².